The highest BCUT2D eigenvalue weighted by Gasteiger charge is 2.22. The molecule has 0 aromatic rings. The zero-order valence-corrected chi connectivity index (χ0v) is 7.13. The van der Waals surface area contributed by atoms with Gasteiger partial charge in [0.25, 0.3) is 0 Å². The van der Waals surface area contributed by atoms with Crippen LogP contribution in [0, 0.1) is 5.92 Å². The third-order valence-electron chi connectivity index (χ3n) is 1.72. The van der Waals surface area contributed by atoms with E-state index in [4.69, 9.17) is 5.11 Å². The standard InChI is InChI=1S/C7H15NO3/c1-4-5(2)6(7(9)10)8-11-3/h5-6,8H,4H2,1-3H3,(H,9,10)/t5-,6+/m0/s1. The maximum atomic E-state index is 10.5. The molecule has 0 heterocycles. The van der Waals surface area contributed by atoms with E-state index in [0.717, 1.165) is 6.42 Å². The Balaban J connectivity index is 3.97. The molecule has 0 bridgehead atoms. The summed E-state index contributed by atoms with van der Waals surface area (Å²) in [5.74, 6) is -0.798. The van der Waals surface area contributed by atoms with E-state index in [1.54, 1.807) is 0 Å². The van der Waals surface area contributed by atoms with Crippen molar-refractivity contribution >= 4 is 5.97 Å². The lowest BCUT2D eigenvalue weighted by Gasteiger charge is -2.18. The van der Waals surface area contributed by atoms with Crippen molar-refractivity contribution in [1.82, 2.24) is 5.48 Å². The Bertz CT molecular complexity index is 127. The molecular formula is C7H15NO3. The van der Waals surface area contributed by atoms with Gasteiger partial charge < -0.3 is 9.94 Å². The van der Waals surface area contributed by atoms with Gasteiger partial charge in [-0.3, -0.25) is 4.79 Å². The molecule has 0 amide bonds. The molecule has 0 spiro atoms. The van der Waals surface area contributed by atoms with Gasteiger partial charge in [0, 0.05) is 0 Å². The molecule has 0 aliphatic carbocycles. The molecule has 0 saturated heterocycles. The summed E-state index contributed by atoms with van der Waals surface area (Å²) in [5, 5.41) is 8.66. The quantitative estimate of drug-likeness (QED) is 0.581. The minimum atomic E-state index is -0.874. The van der Waals surface area contributed by atoms with Gasteiger partial charge >= 0.3 is 5.97 Å². The second-order valence-electron chi connectivity index (χ2n) is 2.52. The van der Waals surface area contributed by atoms with Crippen molar-refractivity contribution in [3.05, 3.63) is 0 Å². The van der Waals surface area contributed by atoms with Gasteiger partial charge in [-0.1, -0.05) is 20.3 Å². The zero-order valence-electron chi connectivity index (χ0n) is 7.13. The lowest BCUT2D eigenvalue weighted by atomic mass is 10.0. The number of hydrogen-bond acceptors (Lipinski definition) is 3. The second-order valence-corrected chi connectivity index (χ2v) is 2.52. The Hall–Kier alpha value is -0.610. The molecule has 4 nitrogen and oxygen atoms in total. The molecule has 0 radical (unpaired) electrons. The topological polar surface area (TPSA) is 58.6 Å². The van der Waals surface area contributed by atoms with Gasteiger partial charge in [-0.2, -0.15) is 5.48 Å². The molecule has 0 fully saturated rings. The fraction of sp³-hybridized carbons (Fsp3) is 0.857. The van der Waals surface area contributed by atoms with E-state index in [0.29, 0.717) is 0 Å². The Morgan fingerprint density at radius 2 is 2.27 bits per heavy atom. The molecule has 4 heteroatoms. The molecule has 0 aromatic heterocycles. The molecule has 0 unspecified atom stereocenters. The summed E-state index contributed by atoms with van der Waals surface area (Å²) in [5.41, 5.74) is 2.43. The van der Waals surface area contributed by atoms with Crippen LogP contribution in [0.3, 0.4) is 0 Å². The predicted molar refractivity (Wildman–Crippen MR) is 41.0 cm³/mol. The van der Waals surface area contributed by atoms with E-state index in [1.807, 2.05) is 13.8 Å². The van der Waals surface area contributed by atoms with Crippen LogP contribution in [0.5, 0.6) is 0 Å². The molecule has 0 aromatic carbocycles. The van der Waals surface area contributed by atoms with E-state index in [1.165, 1.54) is 7.11 Å². The maximum Gasteiger partial charge on any atom is 0.323 e. The first-order valence-electron chi connectivity index (χ1n) is 3.64. The van der Waals surface area contributed by atoms with Gasteiger partial charge in [0.1, 0.15) is 6.04 Å². The predicted octanol–water partition coefficient (Wildman–Crippen LogP) is 0.637. The number of carboxylic acids is 1. The van der Waals surface area contributed by atoms with Crippen molar-refractivity contribution in [2.75, 3.05) is 7.11 Å². The first kappa shape index (κ1) is 10.4. The van der Waals surface area contributed by atoms with Crippen LogP contribution in [0.15, 0.2) is 0 Å². The Morgan fingerprint density at radius 1 is 1.73 bits per heavy atom. The minimum Gasteiger partial charge on any atom is -0.480 e. The third kappa shape index (κ3) is 3.34. The number of hydroxylamine groups is 1. The number of rotatable bonds is 5. The van der Waals surface area contributed by atoms with Crippen molar-refractivity contribution < 1.29 is 14.7 Å². The monoisotopic (exact) mass is 161 g/mol. The first-order valence-corrected chi connectivity index (χ1v) is 3.64. The number of carbonyl (C=O) groups is 1. The van der Waals surface area contributed by atoms with Crippen LogP contribution in [0.25, 0.3) is 0 Å². The van der Waals surface area contributed by atoms with Gasteiger partial charge in [0.15, 0.2) is 0 Å². The summed E-state index contributed by atoms with van der Waals surface area (Å²) in [4.78, 5) is 15.1. The highest BCUT2D eigenvalue weighted by Crippen LogP contribution is 2.07. The minimum absolute atomic E-state index is 0.0763. The van der Waals surface area contributed by atoms with Crippen molar-refractivity contribution in [2.45, 2.75) is 26.3 Å². The van der Waals surface area contributed by atoms with E-state index < -0.39 is 12.0 Å². The summed E-state index contributed by atoms with van der Waals surface area (Å²) in [6, 6.07) is -0.606. The molecule has 11 heavy (non-hydrogen) atoms. The average molecular weight is 161 g/mol. The highest BCUT2D eigenvalue weighted by molar-refractivity contribution is 5.73. The van der Waals surface area contributed by atoms with E-state index >= 15 is 0 Å². The number of nitrogens with one attached hydrogen (secondary N) is 1. The molecule has 66 valence electrons. The van der Waals surface area contributed by atoms with Gasteiger partial charge in [0.2, 0.25) is 0 Å². The largest absolute Gasteiger partial charge is 0.480 e. The van der Waals surface area contributed by atoms with Crippen molar-refractivity contribution in [1.29, 1.82) is 0 Å². The molecular weight excluding hydrogens is 146 g/mol. The van der Waals surface area contributed by atoms with Crippen molar-refractivity contribution in [3.63, 3.8) is 0 Å². The fourth-order valence-electron chi connectivity index (χ4n) is 0.773. The van der Waals surface area contributed by atoms with Crippen LogP contribution in [0.2, 0.25) is 0 Å². The van der Waals surface area contributed by atoms with Gasteiger partial charge in [-0.25, -0.2) is 0 Å². The van der Waals surface area contributed by atoms with Crippen LogP contribution in [-0.4, -0.2) is 24.2 Å². The number of aliphatic carboxylic acids is 1. The Morgan fingerprint density at radius 3 is 2.55 bits per heavy atom. The smallest absolute Gasteiger partial charge is 0.323 e. The van der Waals surface area contributed by atoms with E-state index in [-0.39, 0.29) is 5.92 Å². The summed E-state index contributed by atoms with van der Waals surface area (Å²) in [7, 11) is 1.42. The van der Waals surface area contributed by atoms with Crippen LogP contribution >= 0.6 is 0 Å². The Labute approximate surface area is 66.5 Å². The van der Waals surface area contributed by atoms with Crippen LogP contribution in [0.4, 0.5) is 0 Å². The van der Waals surface area contributed by atoms with Gasteiger partial charge in [-0.05, 0) is 5.92 Å². The van der Waals surface area contributed by atoms with E-state index in [9.17, 15) is 4.79 Å². The van der Waals surface area contributed by atoms with Crippen molar-refractivity contribution in [3.8, 4) is 0 Å². The highest BCUT2D eigenvalue weighted by atomic mass is 16.6. The lowest BCUT2D eigenvalue weighted by molar-refractivity contribution is -0.145. The normalized spacial score (nSPS) is 15.9. The van der Waals surface area contributed by atoms with Gasteiger partial charge in [-0.15, -0.1) is 0 Å². The molecule has 0 aliphatic rings. The SMILES string of the molecule is CC[C@H](C)[C@@H](NOC)C(=O)O. The van der Waals surface area contributed by atoms with Crippen molar-refractivity contribution in [2.24, 2.45) is 5.92 Å². The first-order chi connectivity index (χ1) is 5.13. The Kier molecular flexibility index (Phi) is 4.81. The number of hydrogen-bond donors (Lipinski definition) is 2. The maximum absolute atomic E-state index is 10.5. The fourth-order valence-corrected chi connectivity index (χ4v) is 0.773. The molecule has 0 aliphatic heterocycles. The van der Waals surface area contributed by atoms with Crippen LogP contribution < -0.4 is 5.48 Å². The second kappa shape index (κ2) is 5.09. The third-order valence-corrected chi connectivity index (χ3v) is 1.72. The number of carboxylic acid groups (broad SMARTS) is 1. The summed E-state index contributed by atoms with van der Waals surface area (Å²) in [6.45, 7) is 3.81. The molecule has 0 rings (SSSR count). The molecule has 2 atom stereocenters. The van der Waals surface area contributed by atoms with Crippen LogP contribution in [0.1, 0.15) is 20.3 Å². The summed E-state index contributed by atoms with van der Waals surface area (Å²) in [6.07, 6.45) is 0.813. The van der Waals surface area contributed by atoms with Gasteiger partial charge in [0.05, 0.1) is 7.11 Å². The van der Waals surface area contributed by atoms with E-state index in [2.05, 4.69) is 10.3 Å². The summed E-state index contributed by atoms with van der Waals surface area (Å²) < 4.78 is 0. The molecule has 0 saturated carbocycles. The molecule has 2 N–H and O–H groups in total. The van der Waals surface area contributed by atoms with Crippen LogP contribution in [-0.2, 0) is 9.63 Å². The zero-order chi connectivity index (χ0) is 8.85. The summed E-state index contributed by atoms with van der Waals surface area (Å²) >= 11 is 0. The average Bonchev–Trinajstić information content (AvgIpc) is 1.98. The lowest BCUT2D eigenvalue weighted by Crippen LogP contribution is -2.40.